The maximum absolute atomic E-state index is 12.6. The van der Waals surface area contributed by atoms with E-state index >= 15 is 0 Å². The second kappa shape index (κ2) is 7.75. The number of nitrogens with zero attached hydrogens (tertiary/aromatic N) is 2. The molecule has 128 valence electrons. The van der Waals surface area contributed by atoms with Crippen LogP contribution in [0.25, 0.3) is 0 Å². The van der Waals surface area contributed by atoms with Gasteiger partial charge in [-0.05, 0) is 18.1 Å². The van der Waals surface area contributed by atoms with Gasteiger partial charge in [0.05, 0.1) is 12.0 Å². The fraction of sp³-hybridized carbons (Fsp3) is 0.250. The van der Waals surface area contributed by atoms with Crippen molar-refractivity contribution in [3.8, 4) is 0 Å². The Hall–Kier alpha value is -2.95. The summed E-state index contributed by atoms with van der Waals surface area (Å²) in [6, 6.07) is 19.6. The molecular formula is C20H21N3O2. The van der Waals surface area contributed by atoms with E-state index in [1.807, 2.05) is 67.6 Å². The molecule has 0 spiro atoms. The fourth-order valence-corrected chi connectivity index (χ4v) is 2.80. The van der Waals surface area contributed by atoms with E-state index in [0.717, 1.165) is 11.1 Å². The Kier molecular flexibility index (Phi) is 5.23. The maximum Gasteiger partial charge on any atom is 0.224 e. The quantitative estimate of drug-likeness (QED) is 0.744. The molecule has 3 aromatic rings. The summed E-state index contributed by atoms with van der Waals surface area (Å²) in [5, 5.41) is 11.1. The van der Waals surface area contributed by atoms with Gasteiger partial charge in [-0.2, -0.15) is 0 Å². The van der Waals surface area contributed by atoms with Gasteiger partial charge in [0.15, 0.2) is 0 Å². The minimum absolute atomic E-state index is 0.0546. The van der Waals surface area contributed by atoms with Gasteiger partial charge in [0, 0.05) is 13.3 Å². The normalized spacial score (nSPS) is 13.2. The van der Waals surface area contributed by atoms with E-state index in [1.165, 1.54) is 0 Å². The third kappa shape index (κ3) is 4.32. The van der Waals surface area contributed by atoms with Crippen molar-refractivity contribution in [1.29, 1.82) is 0 Å². The van der Waals surface area contributed by atoms with Crippen molar-refractivity contribution >= 4 is 5.91 Å². The molecule has 1 aromatic heterocycles. The van der Waals surface area contributed by atoms with Crippen molar-refractivity contribution in [3.63, 3.8) is 0 Å². The average molecular weight is 335 g/mol. The summed E-state index contributed by atoms with van der Waals surface area (Å²) in [5.41, 5.74) is 2.05. The van der Waals surface area contributed by atoms with Gasteiger partial charge in [0.25, 0.3) is 0 Å². The highest BCUT2D eigenvalue weighted by molar-refractivity contribution is 5.77. The van der Waals surface area contributed by atoms with Gasteiger partial charge in [-0.25, -0.2) is 0 Å². The molecule has 0 saturated carbocycles. The summed E-state index contributed by atoms with van der Waals surface area (Å²) in [6.45, 7) is 3.72. The molecule has 0 fully saturated rings. The Morgan fingerprint density at radius 3 is 2.16 bits per heavy atom. The van der Waals surface area contributed by atoms with Crippen LogP contribution in [0.15, 0.2) is 65.1 Å². The third-order valence-electron chi connectivity index (χ3n) is 4.11. The van der Waals surface area contributed by atoms with Crippen LogP contribution in [0.2, 0.25) is 0 Å². The Balaban J connectivity index is 1.75. The Labute approximate surface area is 147 Å². The Morgan fingerprint density at radius 1 is 1.00 bits per heavy atom. The van der Waals surface area contributed by atoms with Crippen LogP contribution in [-0.4, -0.2) is 16.1 Å². The minimum atomic E-state index is -0.259. The lowest BCUT2D eigenvalue weighted by Gasteiger charge is -2.17. The van der Waals surface area contributed by atoms with Gasteiger partial charge in [-0.1, -0.05) is 60.7 Å². The molecule has 2 atom stereocenters. The van der Waals surface area contributed by atoms with Crippen molar-refractivity contribution in [2.45, 2.75) is 32.2 Å². The van der Waals surface area contributed by atoms with Gasteiger partial charge in [0.2, 0.25) is 17.7 Å². The van der Waals surface area contributed by atoms with Crippen LogP contribution in [0, 0.1) is 6.92 Å². The molecule has 1 heterocycles. The smallest absolute Gasteiger partial charge is 0.224 e. The van der Waals surface area contributed by atoms with Crippen molar-refractivity contribution in [2.24, 2.45) is 0 Å². The Morgan fingerprint density at radius 2 is 1.60 bits per heavy atom. The predicted octanol–water partition coefficient (Wildman–Crippen LogP) is 3.78. The van der Waals surface area contributed by atoms with Crippen LogP contribution in [0.3, 0.4) is 0 Å². The second-order valence-corrected chi connectivity index (χ2v) is 6.03. The summed E-state index contributed by atoms with van der Waals surface area (Å²) in [4.78, 5) is 12.6. The van der Waals surface area contributed by atoms with Gasteiger partial charge >= 0.3 is 0 Å². The van der Waals surface area contributed by atoms with Crippen molar-refractivity contribution in [3.05, 3.63) is 83.6 Å². The second-order valence-electron chi connectivity index (χ2n) is 6.03. The number of amides is 1. The fourth-order valence-electron chi connectivity index (χ4n) is 2.80. The number of carbonyl (C=O) groups is 1. The zero-order chi connectivity index (χ0) is 17.6. The monoisotopic (exact) mass is 335 g/mol. The molecule has 0 aliphatic heterocycles. The molecule has 3 rings (SSSR count). The lowest BCUT2D eigenvalue weighted by Crippen LogP contribution is -2.28. The molecule has 5 heteroatoms. The van der Waals surface area contributed by atoms with Gasteiger partial charge in [-0.15, -0.1) is 10.2 Å². The van der Waals surface area contributed by atoms with Crippen LogP contribution in [0.1, 0.15) is 48.2 Å². The molecule has 1 amide bonds. The first-order chi connectivity index (χ1) is 12.1. The maximum atomic E-state index is 12.6. The number of aryl methyl sites for hydroxylation is 1. The molecule has 25 heavy (non-hydrogen) atoms. The van der Waals surface area contributed by atoms with Gasteiger partial charge < -0.3 is 9.73 Å². The molecule has 5 nitrogen and oxygen atoms in total. The molecule has 1 N–H and O–H groups in total. The van der Waals surface area contributed by atoms with Crippen LogP contribution in [0.5, 0.6) is 0 Å². The summed E-state index contributed by atoms with van der Waals surface area (Å²) in [5.74, 6) is 0.645. The van der Waals surface area contributed by atoms with E-state index in [9.17, 15) is 4.79 Å². The molecule has 0 aliphatic carbocycles. The standard InChI is InChI=1S/C20H21N3O2/c1-14(16-9-5-3-6-10-16)21-19(24)13-18(17-11-7-4-8-12-17)20-23-22-15(2)25-20/h3-12,14,18H,13H2,1-2H3,(H,21,24). The summed E-state index contributed by atoms with van der Waals surface area (Å²) in [6.07, 6.45) is 0.253. The highest BCUT2D eigenvalue weighted by atomic mass is 16.4. The highest BCUT2D eigenvalue weighted by Crippen LogP contribution is 2.27. The van der Waals surface area contributed by atoms with Crippen LogP contribution < -0.4 is 5.32 Å². The largest absolute Gasteiger partial charge is 0.425 e. The number of aromatic nitrogens is 2. The summed E-state index contributed by atoms with van der Waals surface area (Å²) < 4.78 is 5.59. The summed E-state index contributed by atoms with van der Waals surface area (Å²) >= 11 is 0. The first-order valence-corrected chi connectivity index (χ1v) is 8.32. The van der Waals surface area contributed by atoms with E-state index < -0.39 is 0 Å². The number of carbonyl (C=O) groups excluding carboxylic acids is 1. The number of hydrogen-bond acceptors (Lipinski definition) is 4. The SMILES string of the molecule is Cc1nnc(C(CC(=O)NC(C)c2ccccc2)c2ccccc2)o1. The predicted molar refractivity (Wildman–Crippen MR) is 94.9 cm³/mol. The zero-order valence-corrected chi connectivity index (χ0v) is 14.3. The molecule has 0 bridgehead atoms. The van der Waals surface area contributed by atoms with E-state index in [2.05, 4.69) is 15.5 Å². The van der Waals surface area contributed by atoms with Gasteiger partial charge in [0.1, 0.15) is 0 Å². The van der Waals surface area contributed by atoms with Crippen molar-refractivity contribution in [2.75, 3.05) is 0 Å². The molecule has 0 aliphatic rings. The molecule has 2 unspecified atom stereocenters. The topological polar surface area (TPSA) is 68.0 Å². The van der Waals surface area contributed by atoms with Crippen LogP contribution in [-0.2, 0) is 4.79 Å². The van der Waals surface area contributed by atoms with Gasteiger partial charge in [-0.3, -0.25) is 4.79 Å². The average Bonchev–Trinajstić information content (AvgIpc) is 3.07. The van der Waals surface area contributed by atoms with E-state index in [4.69, 9.17) is 4.42 Å². The first-order valence-electron chi connectivity index (χ1n) is 8.32. The minimum Gasteiger partial charge on any atom is -0.425 e. The summed E-state index contributed by atoms with van der Waals surface area (Å²) in [7, 11) is 0. The number of nitrogens with one attached hydrogen (secondary N) is 1. The van der Waals surface area contributed by atoms with Crippen LogP contribution >= 0.6 is 0 Å². The number of rotatable bonds is 6. The highest BCUT2D eigenvalue weighted by Gasteiger charge is 2.24. The van der Waals surface area contributed by atoms with E-state index in [-0.39, 0.29) is 24.3 Å². The Bertz CT molecular complexity index is 815. The lowest BCUT2D eigenvalue weighted by atomic mass is 9.95. The van der Waals surface area contributed by atoms with E-state index in [1.54, 1.807) is 6.92 Å². The van der Waals surface area contributed by atoms with Crippen LogP contribution in [0.4, 0.5) is 0 Å². The molecular weight excluding hydrogens is 314 g/mol. The van der Waals surface area contributed by atoms with Crippen molar-refractivity contribution in [1.82, 2.24) is 15.5 Å². The third-order valence-corrected chi connectivity index (χ3v) is 4.11. The zero-order valence-electron chi connectivity index (χ0n) is 14.3. The van der Waals surface area contributed by atoms with Crippen molar-refractivity contribution < 1.29 is 9.21 Å². The molecule has 2 aromatic carbocycles. The molecule has 0 radical (unpaired) electrons. The lowest BCUT2D eigenvalue weighted by molar-refractivity contribution is -0.122. The van der Waals surface area contributed by atoms with E-state index in [0.29, 0.717) is 11.8 Å². The number of benzene rings is 2. The first kappa shape index (κ1) is 16.9. The molecule has 0 saturated heterocycles. The number of hydrogen-bond donors (Lipinski definition) is 1.